The van der Waals surface area contributed by atoms with E-state index in [0.717, 1.165) is 53.8 Å². The Bertz CT molecular complexity index is 1440. The van der Waals surface area contributed by atoms with Gasteiger partial charge < -0.3 is 9.47 Å². The Morgan fingerprint density at radius 3 is 2.67 bits per heavy atom. The summed E-state index contributed by atoms with van der Waals surface area (Å²) in [6.45, 7) is 2.67. The van der Waals surface area contributed by atoms with Crippen molar-refractivity contribution in [3.63, 3.8) is 0 Å². The number of imidazole rings is 1. The zero-order valence-corrected chi connectivity index (χ0v) is 20.7. The van der Waals surface area contributed by atoms with Gasteiger partial charge in [-0.15, -0.1) is 0 Å². The molecular formula is C26H26FN5O3S. The van der Waals surface area contributed by atoms with Gasteiger partial charge in [-0.3, -0.25) is 4.79 Å². The van der Waals surface area contributed by atoms with E-state index in [2.05, 4.69) is 4.57 Å². The van der Waals surface area contributed by atoms with Crippen LogP contribution in [0.5, 0.6) is 0 Å². The predicted molar refractivity (Wildman–Crippen MR) is 131 cm³/mol. The molecule has 2 aliphatic heterocycles. The maximum absolute atomic E-state index is 14.4. The lowest BCUT2D eigenvalue weighted by molar-refractivity contribution is -0.125. The molecule has 0 spiro atoms. The van der Waals surface area contributed by atoms with E-state index in [4.69, 9.17) is 4.98 Å². The molecule has 0 radical (unpaired) electrons. The van der Waals surface area contributed by atoms with E-state index in [1.54, 1.807) is 17.0 Å². The number of hydrogen-bond acceptors (Lipinski definition) is 5. The molecule has 0 aliphatic carbocycles. The number of para-hydroxylation sites is 1. The molecule has 1 aromatic heterocycles. The lowest BCUT2D eigenvalue weighted by Gasteiger charge is -2.41. The number of carbonyl (C=O) groups excluding carboxylic acids is 1. The van der Waals surface area contributed by atoms with Gasteiger partial charge >= 0.3 is 0 Å². The van der Waals surface area contributed by atoms with Crippen LogP contribution in [0, 0.1) is 24.1 Å². The molecule has 2 aromatic carbocycles. The molecule has 186 valence electrons. The number of hydrogen-bond donors (Lipinski definition) is 0. The van der Waals surface area contributed by atoms with E-state index in [1.807, 2.05) is 30.5 Å². The molecular weight excluding hydrogens is 481 g/mol. The molecule has 1 fully saturated rings. The first-order valence-corrected chi connectivity index (χ1v) is 13.4. The molecule has 10 heteroatoms. The van der Waals surface area contributed by atoms with Gasteiger partial charge in [-0.25, -0.2) is 17.8 Å². The molecule has 1 saturated heterocycles. The first-order valence-electron chi connectivity index (χ1n) is 11.9. The molecule has 8 nitrogen and oxygen atoms in total. The fraction of sp³-hybridized carbons (Fsp3) is 0.346. The lowest BCUT2D eigenvalue weighted by Crippen LogP contribution is -2.59. The van der Waals surface area contributed by atoms with E-state index < -0.39 is 21.9 Å². The fourth-order valence-corrected chi connectivity index (χ4v) is 6.41. The SMILES string of the molecule is Cc1c(F)cc(S(=O)(=O)N2CC[C@@H]2C(=O)N(Cc2cn3c(n2)CCCC3)c2ccccc2)cc1C#N. The molecule has 1 atom stereocenters. The minimum Gasteiger partial charge on any atom is -0.335 e. The van der Waals surface area contributed by atoms with Crippen molar-refractivity contribution in [3.8, 4) is 6.07 Å². The second-order valence-corrected chi connectivity index (χ2v) is 11.1. The van der Waals surface area contributed by atoms with E-state index in [0.29, 0.717) is 12.1 Å². The summed E-state index contributed by atoms with van der Waals surface area (Å²) >= 11 is 0. The minimum absolute atomic E-state index is 0.0494. The lowest BCUT2D eigenvalue weighted by atomic mass is 10.1. The van der Waals surface area contributed by atoms with Crippen LogP contribution < -0.4 is 4.90 Å². The number of nitriles is 1. The second kappa shape index (κ2) is 9.48. The fourth-order valence-electron chi connectivity index (χ4n) is 4.75. The Hall–Kier alpha value is -3.55. The van der Waals surface area contributed by atoms with Gasteiger partial charge in [-0.2, -0.15) is 9.57 Å². The third-order valence-electron chi connectivity index (χ3n) is 6.91. The second-order valence-electron chi connectivity index (χ2n) is 9.17. The van der Waals surface area contributed by atoms with Crippen LogP contribution in [-0.2, 0) is 34.3 Å². The van der Waals surface area contributed by atoms with Crippen molar-refractivity contribution in [3.05, 3.63) is 77.1 Å². The summed E-state index contributed by atoms with van der Waals surface area (Å²) in [5.74, 6) is -0.139. The molecule has 1 amide bonds. The molecule has 3 heterocycles. The Morgan fingerprint density at radius 1 is 1.22 bits per heavy atom. The van der Waals surface area contributed by atoms with Crippen molar-refractivity contribution in [2.75, 3.05) is 11.4 Å². The number of fused-ring (bicyclic) bond motifs is 1. The van der Waals surface area contributed by atoms with Crippen molar-refractivity contribution >= 4 is 21.6 Å². The summed E-state index contributed by atoms with van der Waals surface area (Å²) in [6, 6.07) is 12.1. The van der Waals surface area contributed by atoms with Crippen LogP contribution in [0.2, 0.25) is 0 Å². The third-order valence-corrected chi connectivity index (χ3v) is 8.80. The number of halogens is 1. The zero-order chi connectivity index (χ0) is 25.4. The molecule has 2 aliphatic rings. The highest BCUT2D eigenvalue weighted by atomic mass is 32.2. The molecule has 0 saturated carbocycles. The summed E-state index contributed by atoms with van der Waals surface area (Å²) in [5, 5.41) is 9.29. The standard InChI is InChI=1S/C26H26FN5O3S/c1-18-19(15-28)13-22(14-23(18)27)36(34,35)32-12-10-24(32)26(33)31(21-7-3-2-4-8-21)17-20-16-30-11-6-5-9-25(30)29-20/h2-4,7-8,13-14,16,24H,5-6,9-12,17H2,1H3/t24-/m1/s1. The van der Waals surface area contributed by atoms with Gasteiger partial charge in [-0.1, -0.05) is 18.2 Å². The van der Waals surface area contributed by atoms with Crippen LogP contribution in [0.1, 0.15) is 41.9 Å². The van der Waals surface area contributed by atoms with Crippen molar-refractivity contribution < 1.29 is 17.6 Å². The molecule has 3 aromatic rings. The summed E-state index contributed by atoms with van der Waals surface area (Å²) in [6.07, 6.45) is 5.38. The number of amides is 1. The van der Waals surface area contributed by atoms with Gasteiger partial charge in [0.2, 0.25) is 15.9 Å². The van der Waals surface area contributed by atoms with E-state index in [9.17, 15) is 22.9 Å². The molecule has 36 heavy (non-hydrogen) atoms. The third kappa shape index (κ3) is 4.29. The highest BCUT2D eigenvalue weighted by Gasteiger charge is 2.45. The molecule has 5 rings (SSSR count). The van der Waals surface area contributed by atoms with Gasteiger partial charge in [-0.05, 0) is 50.5 Å². The predicted octanol–water partition coefficient (Wildman–Crippen LogP) is 3.54. The van der Waals surface area contributed by atoms with Gasteiger partial charge in [0.05, 0.1) is 28.8 Å². The van der Waals surface area contributed by atoms with E-state index >= 15 is 0 Å². The zero-order valence-electron chi connectivity index (χ0n) is 19.9. The topological polar surface area (TPSA) is 99.3 Å². The van der Waals surface area contributed by atoms with Crippen LogP contribution in [0.15, 0.2) is 53.6 Å². The van der Waals surface area contributed by atoms with Gasteiger partial charge in [0.1, 0.15) is 17.7 Å². The minimum atomic E-state index is -4.18. The normalized spacial score (nSPS) is 17.6. The number of anilines is 1. The van der Waals surface area contributed by atoms with Crippen molar-refractivity contribution in [1.82, 2.24) is 13.9 Å². The highest BCUT2D eigenvalue weighted by molar-refractivity contribution is 7.89. The average Bonchev–Trinajstić information content (AvgIpc) is 3.26. The van der Waals surface area contributed by atoms with Crippen LogP contribution in [0.4, 0.5) is 10.1 Å². The van der Waals surface area contributed by atoms with E-state index in [1.165, 1.54) is 6.92 Å². The monoisotopic (exact) mass is 507 g/mol. The summed E-state index contributed by atoms with van der Waals surface area (Å²) in [7, 11) is -4.18. The number of aromatic nitrogens is 2. The van der Waals surface area contributed by atoms with Crippen molar-refractivity contribution in [2.45, 2.75) is 56.6 Å². The number of rotatable bonds is 6. The van der Waals surface area contributed by atoms with Crippen LogP contribution in [0.25, 0.3) is 0 Å². The van der Waals surface area contributed by atoms with Crippen molar-refractivity contribution in [2.24, 2.45) is 0 Å². The highest BCUT2D eigenvalue weighted by Crippen LogP contribution is 2.32. The largest absolute Gasteiger partial charge is 0.335 e. The van der Waals surface area contributed by atoms with Crippen LogP contribution >= 0.6 is 0 Å². The van der Waals surface area contributed by atoms with E-state index in [-0.39, 0.29) is 35.0 Å². The number of carbonyl (C=O) groups is 1. The number of sulfonamides is 1. The molecule has 0 N–H and O–H groups in total. The Kier molecular flexibility index (Phi) is 6.36. The summed E-state index contributed by atoms with van der Waals surface area (Å²) in [4.78, 5) is 19.7. The quantitative estimate of drug-likeness (QED) is 0.508. The number of nitrogens with zero attached hydrogens (tertiary/aromatic N) is 5. The Balaban J connectivity index is 1.45. The van der Waals surface area contributed by atoms with Gasteiger partial charge in [0, 0.05) is 37.0 Å². The first-order chi connectivity index (χ1) is 17.3. The van der Waals surface area contributed by atoms with Gasteiger partial charge in [0.25, 0.3) is 0 Å². The number of aryl methyl sites for hydroxylation is 2. The number of benzene rings is 2. The maximum Gasteiger partial charge on any atom is 0.245 e. The average molecular weight is 508 g/mol. The van der Waals surface area contributed by atoms with Crippen LogP contribution in [0.3, 0.4) is 0 Å². The maximum atomic E-state index is 14.4. The van der Waals surface area contributed by atoms with Gasteiger partial charge in [0.15, 0.2) is 0 Å². The smallest absolute Gasteiger partial charge is 0.245 e. The first kappa shape index (κ1) is 24.2. The molecule has 0 bridgehead atoms. The summed E-state index contributed by atoms with van der Waals surface area (Å²) in [5.41, 5.74) is 1.43. The van der Waals surface area contributed by atoms with Crippen molar-refractivity contribution in [1.29, 1.82) is 5.26 Å². The van der Waals surface area contributed by atoms with Crippen LogP contribution in [-0.4, -0.2) is 40.8 Å². The Morgan fingerprint density at radius 2 is 2.00 bits per heavy atom. The molecule has 0 unspecified atom stereocenters. The summed E-state index contributed by atoms with van der Waals surface area (Å²) < 4.78 is 44.3. The Labute approximate surface area is 209 Å².